The van der Waals surface area contributed by atoms with Gasteiger partial charge in [-0.2, -0.15) is 0 Å². The molecule has 2 heterocycles. The summed E-state index contributed by atoms with van der Waals surface area (Å²) in [6, 6.07) is 0. The van der Waals surface area contributed by atoms with E-state index in [0.717, 1.165) is 36.3 Å². The average Bonchev–Trinajstić information content (AvgIpc) is 2.85. The molecule has 82 valence electrons. The largest absolute Gasteiger partial charge is 0.331 e. The molecule has 4 nitrogen and oxygen atoms in total. The Morgan fingerprint density at radius 1 is 1.31 bits per heavy atom. The van der Waals surface area contributed by atoms with Gasteiger partial charge < -0.3 is 4.57 Å². The average molecular weight is 235 g/mol. The van der Waals surface area contributed by atoms with Crippen LogP contribution in [0.1, 0.15) is 17.7 Å². The van der Waals surface area contributed by atoms with Gasteiger partial charge in [0.1, 0.15) is 5.15 Å². The van der Waals surface area contributed by atoms with E-state index in [2.05, 4.69) is 15.0 Å². The molecule has 0 bridgehead atoms. The van der Waals surface area contributed by atoms with E-state index in [1.54, 1.807) is 6.20 Å². The van der Waals surface area contributed by atoms with Crippen molar-refractivity contribution < 1.29 is 0 Å². The van der Waals surface area contributed by atoms with E-state index < -0.39 is 0 Å². The summed E-state index contributed by atoms with van der Waals surface area (Å²) in [6.45, 7) is 0. The van der Waals surface area contributed by atoms with Crippen LogP contribution < -0.4 is 0 Å². The van der Waals surface area contributed by atoms with Gasteiger partial charge in [0, 0.05) is 30.7 Å². The van der Waals surface area contributed by atoms with E-state index in [9.17, 15) is 0 Å². The van der Waals surface area contributed by atoms with Gasteiger partial charge in [0.25, 0.3) is 0 Å². The molecule has 0 N–H and O–H groups in total. The molecule has 0 spiro atoms. The lowest BCUT2D eigenvalue weighted by molar-refractivity contribution is 0.888. The van der Waals surface area contributed by atoms with Gasteiger partial charge in [-0.1, -0.05) is 11.6 Å². The number of halogens is 1. The van der Waals surface area contributed by atoms with Gasteiger partial charge >= 0.3 is 0 Å². The van der Waals surface area contributed by atoms with Crippen LogP contribution in [0.3, 0.4) is 0 Å². The summed E-state index contributed by atoms with van der Waals surface area (Å²) in [5.74, 6) is 1.38. The smallest absolute Gasteiger partial charge is 0.197 e. The standard InChI is InChI=1S/C11H11ClN4/c1-16-6-5-13-11(16)10-14-8-4-2-3-7(8)9(12)15-10/h5-6H,2-4H2,1H3. The van der Waals surface area contributed by atoms with Gasteiger partial charge in [-0.05, 0) is 19.3 Å². The van der Waals surface area contributed by atoms with Crippen molar-refractivity contribution in [1.29, 1.82) is 0 Å². The minimum Gasteiger partial charge on any atom is -0.331 e. The maximum atomic E-state index is 6.16. The zero-order chi connectivity index (χ0) is 11.1. The Morgan fingerprint density at radius 2 is 2.19 bits per heavy atom. The number of nitrogens with zero attached hydrogens (tertiary/aromatic N) is 4. The van der Waals surface area contributed by atoms with Crippen molar-refractivity contribution in [3.63, 3.8) is 0 Å². The Hall–Kier alpha value is -1.42. The van der Waals surface area contributed by atoms with Crippen LogP contribution in [0, 0.1) is 0 Å². The maximum Gasteiger partial charge on any atom is 0.197 e. The summed E-state index contributed by atoms with van der Waals surface area (Å²) in [4.78, 5) is 13.1. The first-order valence-electron chi connectivity index (χ1n) is 5.28. The highest BCUT2D eigenvalue weighted by Gasteiger charge is 2.19. The number of fused-ring (bicyclic) bond motifs is 1. The summed E-state index contributed by atoms with van der Waals surface area (Å²) in [5, 5.41) is 0.584. The highest BCUT2D eigenvalue weighted by Crippen LogP contribution is 2.28. The Bertz CT molecular complexity index is 547. The third kappa shape index (κ3) is 1.41. The lowest BCUT2D eigenvalue weighted by Gasteiger charge is -2.05. The number of rotatable bonds is 1. The summed E-state index contributed by atoms with van der Waals surface area (Å²) in [7, 11) is 1.92. The van der Waals surface area contributed by atoms with Crippen molar-refractivity contribution in [2.75, 3.05) is 0 Å². The van der Waals surface area contributed by atoms with E-state index >= 15 is 0 Å². The van der Waals surface area contributed by atoms with Gasteiger partial charge in [-0.25, -0.2) is 15.0 Å². The molecule has 0 saturated carbocycles. The van der Waals surface area contributed by atoms with Gasteiger partial charge in [0.2, 0.25) is 0 Å². The molecule has 1 aliphatic carbocycles. The number of imidazole rings is 1. The van der Waals surface area contributed by atoms with Crippen LogP contribution in [0.15, 0.2) is 12.4 Å². The van der Waals surface area contributed by atoms with Crippen molar-refractivity contribution in [3.8, 4) is 11.6 Å². The fourth-order valence-corrected chi connectivity index (χ4v) is 2.35. The second-order valence-corrected chi connectivity index (χ2v) is 4.34. The zero-order valence-corrected chi connectivity index (χ0v) is 9.70. The highest BCUT2D eigenvalue weighted by atomic mass is 35.5. The molecule has 0 aliphatic heterocycles. The lowest BCUT2D eigenvalue weighted by Crippen LogP contribution is -2.01. The van der Waals surface area contributed by atoms with Gasteiger partial charge in [0.15, 0.2) is 11.6 Å². The monoisotopic (exact) mass is 234 g/mol. The quantitative estimate of drug-likeness (QED) is 0.709. The topological polar surface area (TPSA) is 43.6 Å². The Kier molecular flexibility index (Phi) is 2.17. The molecule has 2 aromatic heterocycles. The van der Waals surface area contributed by atoms with Crippen LogP contribution in [0.2, 0.25) is 5.15 Å². The van der Waals surface area contributed by atoms with Crippen molar-refractivity contribution in [2.45, 2.75) is 19.3 Å². The predicted molar refractivity (Wildman–Crippen MR) is 61.3 cm³/mol. The second-order valence-electron chi connectivity index (χ2n) is 3.98. The molecular weight excluding hydrogens is 224 g/mol. The minimum atomic E-state index is 0.584. The third-order valence-corrected chi connectivity index (χ3v) is 3.22. The van der Waals surface area contributed by atoms with E-state index in [-0.39, 0.29) is 0 Å². The van der Waals surface area contributed by atoms with Gasteiger partial charge in [-0.15, -0.1) is 0 Å². The Morgan fingerprint density at radius 3 is 2.94 bits per heavy atom. The van der Waals surface area contributed by atoms with E-state index in [0.29, 0.717) is 11.0 Å². The van der Waals surface area contributed by atoms with E-state index in [1.807, 2.05) is 17.8 Å². The van der Waals surface area contributed by atoms with Crippen molar-refractivity contribution in [2.24, 2.45) is 7.05 Å². The van der Waals surface area contributed by atoms with E-state index in [1.165, 1.54) is 0 Å². The van der Waals surface area contributed by atoms with Gasteiger partial charge in [-0.3, -0.25) is 0 Å². The van der Waals surface area contributed by atoms with E-state index in [4.69, 9.17) is 11.6 Å². The van der Waals surface area contributed by atoms with Crippen LogP contribution in [0.25, 0.3) is 11.6 Å². The first-order chi connectivity index (χ1) is 7.75. The number of aryl methyl sites for hydroxylation is 2. The molecular formula is C11H11ClN4. The zero-order valence-electron chi connectivity index (χ0n) is 8.94. The van der Waals surface area contributed by atoms with Crippen LogP contribution in [0.5, 0.6) is 0 Å². The molecule has 3 rings (SSSR count). The molecule has 16 heavy (non-hydrogen) atoms. The number of hydrogen-bond donors (Lipinski definition) is 0. The fourth-order valence-electron chi connectivity index (χ4n) is 2.07. The molecule has 0 aromatic carbocycles. The molecule has 0 fully saturated rings. The fraction of sp³-hybridized carbons (Fsp3) is 0.364. The molecule has 0 unspecified atom stereocenters. The number of hydrogen-bond acceptors (Lipinski definition) is 3. The van der Waals surface area contributed by atoms with Crippen LogP contribution in [0.4, 0.5) is 0 Å². The summed E-state index contributed by atoms with van der Waals surface area (Å²) >= 11 is 6.16. The summed E-state index contributed by atoms with van der Waals surface area (Å²) < 4.78 is 1.90. The molecule has 0 amide bonds. The molecule has 1 aliphatic rings. The second kappa shape index (κ2) is 3.56. The molecule has 0 atom stereocenters. The Labute approximate surface area is 98.3 Å². The number of aromatic nitrogens is 4. The van der Waals surface area contributed by atoms with Crippen LogP contribution in [-0.4, -0.2) is 19.5 Å². The van der Waals surface area contributed by atoms with Crippen molar-refractivity contribution in [1.82, 2.24) is 19.5 Å². The summed E-state index contributed by atoms with van der Waals surface area (Å²) in [5.41, 5.74) is 2.19. The van der Waals surface area contributed by atoms with Crippen molar-refractivity contribution in [3.05, 3.63) is 28.8 Å². The molecule has 5 heteroatoms. The maximum absolute atomic E-state index is 6.16. The Balaban J connectivity index is 2.17. The first kappa shape index (κ1) is 9.78. The SMILES string of the molecule is Cn1ccnc1-c1nc(Cl)c2c(n1)CCC2. The predicted octanol–water partition coefficient (Wildman–Crippen LogP) is 2.02. The molecule has 0 radical (unpaired) electrons. The van der Waals surface area contributed by atoms with Crippen LogP contribution >= 0.6 is 11.6 Å². The minimum absolute atomic E-state index is 0.584. The summed E-state index contributed by atoms with van der Waals surface area (Å²) in [6.07, 6.45) is 6.72. The molecule has 0 saturated heterocycles. The van der Waals surface area contributed by atoms with Gasteiger partial charge in [0.05, 0.1) is 0 Å². The first-order valence-corrected chi connectivity index (χ1v) is 5.66. The normalized spacial score (nSPS) is 14.1. The molecule has 2 aromatic rings. The highest BCUT2D eigenvalue weighted by molar-refractivity contribution is 6.30. The van der Waals surface area contributed by atoms with Crippen LogP contribution in [-0.2, 0) is 19.9 Å². The lowest BCUT2D eigenvalue weighted by atomic mass is 10.2. The van der Waals surface area contributed by atoms with Crippen molar-refractivity contribution >= 4 is 11.6 Å². The third-order valence-electron chi connectivity index (χ3n) is 2.90.